The van der Waals surface area contributed by atoms with Gasteiger partial charge in [0.2, 0.25) is 0 Å². The van der Waals surface area contributed by atoms with Gasteiger partial charge in [-0.2, -0.15) is 5.10 Å². The molecule has 3 rings (SSSR count). The van der Waals surface area contributed by atoms with Crippen molar-refractivity contribution < 1.29 is 9.53 Å². The van der Waals surface area contributed by atoms with Crippen molar-refractivity contribution in [1.29, 1.82) is 0 Å². The molecule has 5 heteroatoms. The van der Waals surface area contributed by atoms with Crippen LogP contribution < -0.4 is 0 Å². The van der Waals surface area contributed by atoms with Gasteiger partial charge < -0.3 is 9.64 Å². The fraction of sp³-hybridized carbons (Fsp3) is 0.500. The Labute approximate surface area is 149 Å². The lowest BCUT2D eigenvalue weighted by atomic mass is 10.1. The summed E-state index contributed by atoms with van der Waals surface area (Å²) >= 11 is 0. The number of carbonyl (C=O) groups is 1. The Hall–Kier alpha value is -2.14. The Morgan fingerprint density at radius 3 is 2.84 bits per heavy atom. The lowest BCUT2D eigenvalue weighted by molar-refractivity contribution is 0.0506. The Kier molecular flexibility index (Phi) is 5.87. The predicted molar refractivity (Wildman–Crippen MR) is 97.4 cm³/mol. The van der Waals surface area contributed by atoms with Crippen LogP contribution in [0.3, 0.4) is 0 Å². The van der Waals surface area contributed by atoms with Crippen LogP contribution in [0, 0.1) is 6.92 Å². The molecule has 0 saturated carbocycles. The van der Waals surface area contributed by atoms with Gasteiger partial charge in [-0.1, -0.05) is 37.3 Å². The van der Waals surface area contributed by atoms with Gasteiger partial charge in [0.1, 0.15) is 0 Å². The predicted octanol–water partition coefficient (Wildman–Crippen LogP) is 3.42. The van der Waals surface area contributed by atoms with Crippen molar-refractivity contribution in [3.8, 4) is 0 Å². The van der Waals surface area contributed by atoms with E-state index in [9.17, 15) is 4.79 Å². The molecule has 0 bridgehead atoms. The number of benzene rings is 1. The van der Waals surface area contributed by atoms with E-state index in [-0.39, 0.29) is 12.0 Å². The summed E-state index contributed by atoms with van der Waals surface area (Å²) in [5, 5.41) is 4.39. The topological polar surface area (TPSA) is 47.4 Å². The maximum absolute atomic E-state index is 13.2. The molecule has 2 aromatic rings. The molecule has 25 heavy (non-hydrogen) atoms. The van der Waals surface area contributed by atoms with Crippen molar-refractivity contribution in [2.75, 3.05) is 13.2 Å². The van der Waals surface area contributed by atoms with E-state index in [2.05, 4.69) is 24.2 Å². The van der Waals surface area contributed by atoms with Crippen LogP contribution in [0.25, 0.3) is 0 Å². The maximum Gasteiger partial charge on any atom is 0.257 e. The number of aromatic nitrogens is 2. The molecule has 134 valence electrons. The Bertz CT molecular complexity index is 690. The number of ether oxygens (including phenoxy) is 1. The lowest BCUT2D eigenvalue weighted by Crippen LogP contribution is -2.37. The summed E-state index contributed by atoms with van der Waals surface area (Å²) in [5.74, 6) is 0.0409. The largest absolute Gasteiger partial charge is 0.376 e. The Morgan fingerprint density at radius 2 is 2.16 bits per heavy atom. The second kappa shape index (κ2) is 8.30. The molecule has 1 aromatic heterocycles. The fourth-order valence-electron chi connectivity index (χ4n) is 3.32. The number of hydrogen-bond donors (Lipinski definition) is 0. The van der Waals surface area contributed by atoms with Crippen molar-refractivity contribution in [1.82, 2.24) is 14.7 Å². The highest BCUT2D eigenvalue weighted by molar-refractivity contribution is 5.95. The van der Waals surface area contributed by atoms with Crippen molar-refractivity contribution in [3.63, 3.8) is 0 Å². The molecule has 0 spiro atoms. The minimum atomic E-state index is 0.0409. The molecular weight excluding hydrogens is 314 g/mol. The van der Waals surface area contributed by atoms with Crippen LogP contribution in [-0.4, -0.2) is 39.8 Å². The molecule has 1 aliphatic heterocycles. The van der Waals surface area contributed by atoms with E-state index in [0.29, 0.717) is 18.7 Å². The van der Waals surface area contributed by atoms with Crippen molar-refractivity contribution >= 4 is 5.91 Å². The monoisotopic (exact) mass is 341 g/mol. The van der Waals surface area contributed by atoms with E-state index >= 15 is 0 Å². The number of amides is 1. The summed E-state index contributed by atoms with van der Waals surface area (Å²) in [5.41, 5.74) is 2.77. The van der Waals surface area contributed by atoms with Crippen LogP contribution in [0.1, 0.15) is 47.8 Å². The number of nitrogens with zero attached hydrogens (tertiary/aromatic N) is 3. The first kappa shape index (κ1) is 17.7. The van der Waals surface area contributed by atoms with Crippen LogP contribution in [0.2, 0.25) is 0 Å². The van der Waals surface area contributed by atoms with E-state index in [1.54, 1.807) is 6.20 Å². The second-order valence-corrected chi connectivity index (χ2v) is 6.67. The number of carbonyl (C=O) groups excluding carboxylic acids is 1. The molecule has 1 amide bonds. The van der Waals surface area contributed by atoms with E-state index in [0.717, 1.165) is 43.7 Å². The van der Waals surface area contributed by atoms with Gasteiger partial charge in [-0.3, -0.25) is 9.48 Å². The normalized spacial score (nSPS) is 17.0. The molecule has 1 saturated heterocycles. The third-order valence-electron chi connectivity index (χ3n) is 4.72. The fourth-order valence-corrected chi connectivity index (χ4v) is 3.32. The van der Waals surface area contributed by atoms with E-state index < -0.39 is 0 Å². The first-order valence-corrected chi connectivity index (χ1v) is 9.16. The molecule has 1 atom stereocenters. The Morgan fingerprint density at radius 1 is 1.36 bits per heavy atom. The van der Waals surface area contributed by atoms with Gasteiger partial charge in [0.05, 0.1) is 17.9 Å². The SMILES string of the molecule is CCCn1ncc(C(=O)N(Cc2ccccc2)C[C@H]2CCCO2)c1C. The van der Waals surface area contributed by atoms with Crippen LogP contribution in [0.5, 0.6) is 0 Å². The molecule has 1 aliphatic rings. The molecule has 0 unspecified atom stereocenters. The molecular formula is C20H27N3O2. The summed E-state index contributed by atoms with van der Waals surface area (Å²) < 4.78 is 7.68. The zero-order valence-corrected chi connectivity index (χ0v) is 15.1. The number of rotatable bonds is 7. The van der Waals surface area contributed by atoms with Gasteiger partial charge >= 0.3 is 0 Å². The summed E-state index contributed by atoms with van der Waals surface area (Å²) in [6, 6.07) is 10.1. The summed E-state index contributed by atoms with van der Waals surface area (Å²) in [4.78, 5) is 15.1. The van der Waals surface area contributed by atoms with Gasteiger partial charge in [-0.25, -0.2) is 0 Å². The van der Waals surface area contributed by atoms with Gasteiger partial charge in [0, 0.05) is 31.9 Å². The van der Waals surface area contributed by atoms with E-state index in [1.165, 1.54) is 0 Å². The maximum atomic E-state index is 13.2. The first-order valence-electron chi connectivity index (χ1n) is 9.16. The molecule has 0 radical (unpaired) electrons. The highest BCUT2D eigenvalue weighted by Gasteiger charge is 2.25. The number of aryl methyl sites for hydroxylation is 1. The van der Waals surface area contributed by atoms with Crippen LogP contribution in [0.4, 0.5) is 0 Å². The van der Waals surface area contributed by atoms with E-state index in [4.69, 9.17) is 4.74 Å². The third kappa shape index (κ3) is 4.28. The van der Waals surface area contributed by atoms with Crippen LogP contribution in [0.15, 0.2) is 36.5 Å². The zero-order valence-electron chi connectivity index (χ0n) is 15.1. The van der Waals surface area contributed by atoms with Crippen molar-refractivity contribution in [3.05, 3.63) is 53.3 Å². The molecule has 2 heterocycles. The van der Waals surface area contributed by atoms with Gasteiger partial charge in [-0.15, -0.1) is 0 Å². The molecule has 5 nitrogen and oxygen atoms in total. The third-order valence-corrected chi connectivity index (χ3v) is 4.72. The van der Waals surface area contributed by atoms with Crippen molar-refractivity contribution in [2.45, 2.75) is 52.3 Å². The average molecular weight is 341 g/mol. The summed E-state index contributed by atoms with van der Waals surface area (Å²) in [6.07, 6.45) is 4.94. The van der Waals surface area contributed by atoms with Gasteiger partial charge in [0.15, 0.2) is 0 Å². The minimum Gasteiger partial charge on any atom is -0.376 e. The Balaban J connectivity index is 1.80. The molecule has 1 fully saturated rings. The summed E-state index contributed by atoms with van der Waals surface area (Å²) in [6.45, 7) is 6.95. The smallest absolute Gasteiger partial charge is 0.257 e. The van der Waals surface area contributed by atoms with Crippen LogP contribution in [-0.2, 0) is 17.8 Å². The molecule has 0 aliphatic carbocycles. The first-order chi connectivity index (χ1) is 12.2. The minimum absolute atomic E-state index is 0.0409. The van der Waals surface area contributed by atoms with Crippen LogP contribution >= 0.6 is 0 Å². The standard InChI is InChI=1S/C20H27N3O2/c1-3-11-23-16(2)19(13-21-23)20(24)22(15-18-10-7-12-25-18)14-17-8-5-4-6-9-17/h4-6,8-9,13,18H,3,7,10-12,14-15H2,1-2H3/t18-/m1/s1. The zero-order chi connectivity index (χ0) is 17.6. The second-order valence-electron chi connectivity index (χ2n) is 6.67. The van der Waals surface area contributed by atoms with Crippen molar-refractivity contribution in [2.24, 2.45) is 0 Å². The summed E-state index contributed by atoms with van der Waals surface area (Å²) in [7, 11) is 0. The molecule has 1 aromatic carbocycles. The number of hydrogen-bond acceptors (Lipinski definition) is 3. The quantitative estimate of drug-likeness (QED) is 0.775. The van der Waals surface area contributed by atoms with E-state index in [1.807, 2.05) is 34.7 Å². The average Bonchev–Trinajstić information content (AvgIpc) is 3.26. The highest BCUT2D eigenvalue weighted by Crippen LogP contribution is 2.19. The highest BCUT2D eigenvalue weighted by atomic mass is 16.5. The van der Waals surface area contributed by atoms with Gasteiger partial charge in [0.25, 0.3) is 5.91 Å². The lowest BCUT2D eigenvalue weighted by Gasteiger charge is -2.25. The van der Waals surface area contributed by atoms with Gasteiger partial charge in [-0.05, 0) is 31.7 Å². The molecule has 0 N–H and O–H groups in total.